The first-order valence-electron chi connectivity index (χ1n) is 9.40. The Morgan fingerprint density at radius 2 is 1.81 bits per heavy atom. The van der Waals surface area contributed by atoms with Crippen molar-refractivity contribution >= 4 is 11.6 Å². The van der Waals surface area contributed by atoms with Gasteiger partial charge in [0.2, 0.25) is 6.29 Å². The highest BCUT2D eigenvalue weighted by Crippen LogP contribution is 2.33. The topological polar surface area (TPSA) is 110 Å². The average molecular weight is 472 g/mol. The van der Waals surface area contributed by atoms with Crippen molar-refractivity contribution < 1.29 is 38.0 Å². The van der Waals surface area contributed by atoms with E-state index in [0.29, 0.717) is 5.02 Å². The van der Waals surface area contributed by atoms with E-state index in [4.69, 9.17) is 21.1 Å². The zero-order valence-electron chi connectivity index (χ0n) is 16.1. The van der Waals surface area contributed by atoms with Crippen LogP contribution in [0.15, 0.2) is 42.6 Å². The number of benzene rings is 2. The van der Waals surface area contributed by atoms with E-state index in [2.05, 4.69) is 10.3 Å². The molecule has 2 aromatic carbocycles. The Hall–Kier alpha value is -2.70. The van der Waals surface area contributed by atoms with Crippen molar-refractivity contribution in [1.82, 2.24) is 15.0 Å². The standard InChI is InChI=1S/C20H17ClF3N3O5/c21-10-2-1-3-11(6-10)31-20-19(30)17(18(29)15(8-28)32-20)27-7-14(25-26-27)9-4-12(22)16(24)13(23)5-9/h1-7,15,17-20,28-30H,8H2/t15?,17?,18-,19-,20-/m0/s1. The Morgan fingerprint density at radius 3 is 2.47 bits per heavy atom. The van der Waals surface area contributed by atoms with E-state index in [-0.39, 0.29) is 17.0 Å². The van der Waals surface area contributed by atoms with Gasteiger partial charge in [-0.15, -0.1) is 5.10 Å². The molecule has 0 aliphatic carbocycles. The van der Waals surface area contributed by atoms with Crippen LogP contribution in [0.3, 0.4) is 0 Å². The fourth-order valence-electron chi connectivity index (χ4n) is 3.41. The lowest BCUT2D eigenvalue weighted by molar-refractivity contribution is -0.260. The Kier molecular flexibility index (Phi) is 6.35. The maximum Gasteiger partial charge on any atom is 0.228 e. The first kappa shape index (κ1) is 22.5. The van der Waals surface area contributed by atoms with Gasteiger partial charge in [-0.25, -0.2) is 17.9 Å². The highest BCUT2D eigenvalue weighted by Gasteiger charge is 2.47. The number of aromatic nitrogens is 3. The third-order valence-electron chi connectivity index (χ3n) is 4.99. The van der Waals surface area contributed by atoms with Gasteiger partial charge >= 0.3 is 0 Å². The fourth-order valence-corrected chi connectivity index (χ4v) is 3.59. The summed E-state index contributed by atoms with van der Waals surface area (Å²) in [7, 11) is 0. The molecule has 1 fully saturated rings. The van der Waals surface area contributed by atoms with E-state index in [1.807, 2.05) is 0 Å². The number of hydrogen-bond donors (Lipinski definition) is 3. The smallest absolute Gasteiger partial charge is 0.228 e. The summed E-state index contributed by atoms with van der Waals surface area (Å²) in [6.45, 7) is -0.601. The molecular formula is C20H17ClF3N3O5. The molecule has 1 aliphatic rings. The Morgan fingerprint density at radius 1 is 1.09 bits per heavy atom. The molecule has 12 heteroatoms. The van der Waals surface area contributed by atoms with Gasteiger partial charge in [0, 0.05) is 10.6 Å². The molecule has 3 aromatic rings. The average Bonchev–Trinajstić information content (AvgIpc) is 3.23. The zero-order valence-corrected chi connectivity index (χ0v) is 16.9. The van der Waals surface area contributed by atoms with Crippen molar-refractivity contribution in [2.75, 3.05) is 6.61 Å². The summed E-state index contributed by atoms with van der Waals surface area (Å²) >= 11 is 5.93. The summed E-state index contributed by atoms with van der Waals surface area (Å²) in [5.74, 6) is -4.17. The molecule has 8 nitrogen and oxygen atoms in total. The van der Waals surface area contributed by atoms with Crippen molar-refractivity contribution in [2.45, 2.75) is 30.6 Å². The minimum Gasteiger partial charge on any atom is -0.462 e. The van der Waals surface area contributed by atoms with Crippen LogP contribution >= 0.6 is 11.6 Å². The highest BCUT2D eigenvalue weighted by molar-refractivity contribution is 6.30. The number of hydrogen-bond acceptors (Lipinski definition) is 7. The molecule has 0 bridgehead atoms. The molecular weight excluding hydrogens is 455 g/mol. The molecule has 0 amide bonds. The summed E-state index contributed by atoms with van der Waals surface area (Å²) in [6.07, 6.45) is -4.21. The molecule has 0 radical (unpaired) electrons. The van der Waals surface area contributed by atoms with Crippen LogP contribution in [-0.4, -0.2) is 61.5 Å². The van der Waals surface area contributed by atoms with Crippen LogP contribution in [0.5, 0.6) is 5.75 Å². The van der Waals surface area contributed by atoms with Gasteiger partial charge in [0.05, 0.1) is 12.8 Å². The van der Waals surface area contributed by atoms with E-state index < -0.39 is 54.7 Å². The molecule has 2 heterocycles. The Bertz CT molecular complexity index is 1090. The molecule has 0 saturated carbocycles. The minimum absolute atomic E-state index is 0.0402. The lowest BCUT2D eigenvalue weighted by atomic mass is 9.96. The van der Waals surface area contributed by atoms with Crippen molar-refractivity contribution in [3.8, 4) is 17.0 Å². The van der Waals surface area contributed by atoms with E-state index in [0.717, 1.165) is 16.8 Å². The summed E-state index contributed by atoms with van der Waals surface area (Å²) in [5.41, 5.74) is -0.143. The normalized spacial score (nSPS) is 25.7. The Labute approximate surface area is 184 Å². The van der Waals surface area contributed by atoms with Crippen LogP contribution in [0, 0.1) is 17.5 Å². The van der Waals surface area contributed by atoms with E-state index in [1.54, 1.807) is 18.2 Å². The Balaban J connectivity index is 1.64. The van der Waals surface area contributed by atoms with Gasteiger partial charge in [-0.2, -0.15) is 0 Å². The largest absolute Gasteiger partial charge is 0.462 e. The number of aliphatic hydroxyl groups excluding tert-OH is 3. The molecule has 3 N–H and O–H groups in total. The molecule has 0 spiro atoms. The molecule has 1 aliphatic heterocycles. The summed E-state index contributed by atoms with van der Waals surface area (Å²) < 4.78 is 52.6. The highest BCUT2D eigenvalue weighted by atomic mass is 35.5. The van der Waals surface area contributed by atoms with Crippen LogP contribution in [0.1, 0.15) is 6.04 Å². The molecule has 4 rings (SSSR count). The third kappa shape index (κ3) is 4.30. The van der Waals surface area contributed by atoms with E-state index >= 15 is 0 Å². The predicted molar refractivity (Wildman–Crippen MR) is 104 cm³/mol. The van der Waals surface area contributed by atoms with Crippen molar-refractivity contribution in [1.29, 1.82) is 0 Å². The zero-order chi connectivity index (χ0) is 23.0. The SMILES string of the molecule is OCC1O[C@H](Oc2cccc(Cl)c2)[C@@H](O)C(n2cc(-c3cc(F)c(F)c(F)c3)nn2)[C@H]1O. The monoisotopic (exact) mass is 471 g/mol. The van der Waals surface area contributed by atoms with Crippen molar-refractivity contribution in [3.05, 3.63) is 65.1 Å². The first-order valence-corrected chi connectivity index (χ1v) is 9.77. The van der Waals surface area contributed by atoms with Crippen LogP contribution < -0.4 is 4.74 Å². The lowest BCUT2D eigenvalue weighted by Crippen LogP contribution is -2.57. The summed E-state index contributed by atoms with van der Waals surface area (Å²) in [4.78, 5) is 0. The summed E-state index contributed by atoms with van der Waals surface area (Å²) in [5, 5.41) is 39.0. The van der Waals surface area contributed by atoms with E-state index in [1.165, 1.54) is 12.3 Å². The molecule has 170 valence electrons. The maximum absolute atomic E-state index is 13.6. The number of rotatable bonds is 5. The van der Waals surface area contributed by atoms with E-state index in [9.17, 15) is 28.5 Å². The molecule has 5 atom stereocenters. The van der Waals surface area contributed by atoms with Gasteiger partial charge in [0.25, 0.3) is 0 Å². The van der Waals surface area contributed by atoms with Crippen LogP contribution in [-0.2, 0) is 4.74 Å². The number of nitrogens with zero attached hydrogens (tertiary/aromatic N) is 3. The van der Waals surface area contributed by atoms with Gasteiger partial charge in [-0.05, 0) is 30.3 Å². The number of aliphatic hydroxyl groups is 3. The molecule has 1 saturated heterocycles. The molecule has 2 unspecified atom stereocenters. The quantitative estimate of drug-likeness (QED) is 0.489. The second-order valence-electron chi connectivity index (χ2n) is 7.11. The van der Waals surface area contributed by atoms with Crippen LogP contribution in [0.25, 0.3) is 11.3 Å². The maximum atomic E-state index is 13.6. The van der Waals surface area contributed by atoms with Gasteiger partial charge in [0.15, 0.2) is 17.5 Å². The van der Waals surface area contributed by atoms with Gasteiger partial charge in [0.1, 0.15) is 35.8 Å². The fraction of sp³-hybridized carbons (Fsp3) is 0.300. The van der Waals surface area contributed by atoms with Gasteiger partial charge < -0.3 is 24.8 Å². The van der Waals surface area contributed by atoms with Gasteiger partial charge in [-0.3, -0.25) is 0 Å². The van der Waals surface area contributed by atoms with Crippen molar-refractivity contribution in [3.63, 3.8) is 0 Å². The van der Waals surface area contributed by atoms with Crippen LogP contribution in [0.2, 0.25) is 5.02 Å². The van der Waals surface area contributed by atoms with Crippen molar-refractivity contribution in [2.24, 2.45) is 0 Å². The second-order valence-corrected chi connectivity index (χ2v) is 7.55. The lowest BCUT2D eigenvalue weighted by Gasteiger charge is -2.41. The second kappa shape index (κ2) is 9.04. The minimum atomic E-state index is -1.62. The van der Waals surface area contributed by atoms with Crippen LogP contribution in [0.4, 0.5) is 13.2 Å². The third-order valence-corrected chi connectivity index (χ3v) is 5.23. The number of ether oxygens (including phenoxy) is 2. The first-order chi connectivity index (χ1) is 15.3. The number of halogens is 4. The summed E-state index contributed by atoms with van der Waals surface area (Å²) in [6, 6.07) is 6.57. The van der Waals surface area contributed by atoms with Gasteiger partial charge in [-0.1, -0.05) is 22.9 Å². The molecule has 32 heavy (non-hydrogen) atoms. The molecule has 1 aromatic heterocycles. The predicted octanol–water partition coefficient (Wildman–Crippen LogP) is 2.07.